The summed E-state index contributed by atoms with van der Waals surface area (Å²) in [5.74, 6) is -0.0402. The van der Waals surface area contributed by atoms with Gasteiger partial charge in [0.25, 0.3) is 5.91 Å². The van der Waals surface area contributed by atoms with Crippen LogP contribution in [0, 0.1) is 11.7 Å². The minimum absolute atomic E-state index is 0.178. The zero-order valence-corrected chi connectivity index (χ0v) is 12.2. The molecule has 0 saturated carbocycles. The lowest BCUT2D eigenvalue weighted by Crippen LogP contribution is -2.48. The van der Waals surface area contributed by atoms with Crippen LogP contribution in [0.25, 0.3) is 0 Å². The van der Waals surface area contributed by atoms with Crippen LogP contribution in [0.1, 0.15) is 37.0 Å². The summed E-state index contributed by atoms with van der Waals surface area (Å²) in [6, 6.07) is 6.53. The molecule has 0 aliphatic carbocycles. The molecule has 0 spiro atoms. The summed E-state index contributed by atoms with van der Waals surface area (Å²) in [4.78, 5) is 14.1. The lowest BCUT2D eigenvalue weighted by Gasteiger charge is -2.33. The van der Waals surface area contributed by atoms with E-state index in [1.165, 1.54) is 6.07 Å². The summed E-state index contributed by atoms with van der Waals surface area (Å²) in [6.45, 7) is 6.66. The summed E-state index contributed by atoms with van der Waals surface area (Å²) in [5.41, 5.74) is 0.178. The van der Waals surface area contributed by atoms with Gasteiger partial charge in [0.2, 0.25) is 0 Å². The highest BCUT2D eigenvalue weighted by atomic mass is 19.1. The van der Waals surface area contributed by atoms with Crippen molar-refractivity contribution in [3.8, 4) is 0 Å². The Morgan fingerprint density at radius 1 is 1.45 bits per heavy atom. The summed E-state index contributed by atoms with van der Waals surface area (Å²) in [6.07, 6.45) is 2.05. The lowest BCUT2D eigenvalue weighted by molar-refractivity contribution is 0.0689. The second-order valence-electron chi connectivity index (χ2n) is 5.87. The van der Waals surface area contributed by atoms with E-state index in [2.05, 4.69) is 19.2 Å². The Morgan fingerprint density at radius 2 is 2.20 bits per heavy atom. The topological polar surface area (TPSA) is 32.3 Å². The van der Waals surface area contributed by atoms with Gasteiger partial charge in [-0.3, -0.25) is 4.79 Å². The molecular weight excluding hydrogens is 255 g/mol. The maximum Gasteiger partial charge on any atom is 0.256 e. The van der Waals surface area contributed by atoms with Crippen molar-refractivity contribution >= 4 is 5.91 Å². The smallest absolute Gasteiger partial charge is 0.256 e. The largest absolute Gasteiger partial charge is 0.337 e. The summed E-state index contributed by atoms with van der Waals surface area (Å²) >= 11 is 0. The zero-order valence-electron chi connectivity index (χ0n) is 12.2. The molecule has 1 amide bonds. The maximum absolute atomic E-state index is 13.7. The normalized spacial score (nSPS) is 19.4. The monoisotopic (exact) mass is 278 g/mol. The van der Waals surface area contributed by atoms with Crippen LogP contribution in [-0.4, -0.2) is 36.5 Å². The molecule has 1 fully saturated rings. The van der Waals surface area contributed by atoms with E-state index in [1.54, 1.807) is 23.1 Å². The minimum Gasteiger partial charge on any atom is -0.337 e. The van der Waals surface area contributed by atoms with Crippen LogP contribution in [0.2, 0.25) is 0 Å². The molecule has 1 heterocycles. The first-order chi connectivity index (χ1) is 9.58. The number of nitrogens with zero attached hydrogens (tertiary/aromatic N) is 1. The van der Waals surface area contributed by atoms with Crippen molar-refractivity contribution in [1.82, 2.24) is 10.2 Å². The van der Waals surface area contributed by atoms with Gasteiger partial charge in [0.05, 0.1) is 5.56 Å². The first-order valence-electron chi connectivity index (χ1n) is 7.35. The number of amides is 1. The van der Waals surface area contributed by atoms with Crippen molar-refractivity contribution in [3.05, 3.63) is 35.6 Å². The number of carbonyl (C=O) groups excluding carboxylic acids is 1. The van der Waals surface area contributed by atoms with E-state index in [9.17, 15) is 9.18 Å². The van der Waals surface area contributed by atoms with Gasteiger partial charge in [-0.25, -0.2) is 4.39 Å². The number of nitrogens with one attached hydrogen (secondary N) is 1. The lowest BCUT2D eigenvalue weighted by atomic mass is 10.0. The summed E-state index contributed by atoms with van der Waals surface area (Å²) in [5, 5.41) is 3.48. The van der Waals surface area contributed by atoms with E-state index in [0.717, 1.165) is 19.4 Å². The predicted octanol–water partition coefficient (Wildman–Crippen LogP) is 2.68. The van der Waals surface area contributed by atoms with Gasteiger partial charge in [0.15, 0.2) is 0 Å². The van der Waals surface area contributed by atoms with Crippen LogP contribution < -0.4 is 5.32 Å². The molecule has 1 N–H and O–H groups in total. The van der Waals surface area contributed by atoms with Crippen molar-refractivity contribution in [2.75, 3.05) is 19.6 Å². The SMILES string of the molecule is CC(C)CNC1CCCN(C(=O)c2ccccc2F)C1. The fraction of sp³-hybridized carbons (Fsp3) is 0.562. The van der Waals surface area contributed by atoms with Gasteiger partial charge in [0, 0.05) is 19.1 Å². The number of benzene rings is 1. The minimum atomic E-state index is -0.435. The molecule has 1 aliphatic heterocycles. The number of likely N-dealkylation sites (tertiary alicyclic amines) is 1. The first-order valence-corrected chi connectivity index (χ1v) is 7.35. The van der Waals surface area contributed by atoms with E-state index < -0.39 is 5.82 Å². The molecule has 1 atom stereocenters. The van der Waals surface area contributed by atoms with Crippen LogP contribution in [0.5, 0.6) is 0 Å². The third kappa shape index (κ3) is 3.79. The van der Waals surface area contributed by atoms with Crippen molar-refractivity contribution in [2.24, 2.45) is 5.92 Å². The fourth-order valence-corrected chi connectivity index (χ4v) is 2.54. The Bertz CT molecular complexity index is 462. The summed E-state index contributed by atoms with van der Waals surface area (Å²) in [7, 11) is 0. The molecule has 1 aromatic rings. The van der Waals surface area contributed by atoms with Crippen molar-refractivity contribution < 1.29 is 9.18 Å². The molecule has 1 aromatic carbocycles. The van der Waals surface area contributed by atoms with Gasteiger partial charge >= 0.3 is 0 Å². The Morgan fingerprint density at radius 3 is 2.90 bits per heavy atom. The fourth-order valence-electron chi connectivity index (χ4n) is 2.54. The number of halogens is 1. The first kappa shape index (κ1) is 15.0. The van der Waals surface area contributed by atoms with Crippen molar-refractivity contribution in [1.29, 1.82) is 0 Å². The highest BCUT2D eigenvalue weighted by Gasteiger charge is 2.25. The van der Waals surface area contributed by atoms with E-state index in [4.69, 9.17) is 0 Å². The van der Waals surface area contributed by atoms with Crippen LogP contribution in [0.3, 0.4) is 0 Å². The molecule has 2 rings (SSSR count). The van der Waals surface area contributed by atoms with E-state index in [0.29, 0.717) is 25.0 Å². The molecular formula is C16H23FN2O. The van der Waals surface area contributed by atoms with Crippen LogP contribution in [-0.2, 0) is 0 Å². The average molecular weight is 278 g/mol. The van der Waals surface area contributed by atoms with Gasteiger partial charge in [-0.2, -0.15) is 0 Å². The number of carbonyl (C=O) groups is 1. The Hall–Kier alpha value is -1.42. The molecule has 3 nitrogen and oxygen atoms in total. The number of piperidine rings is 1. The van der Waals surface area contributed by atoms with Gasteiger partial charge in [-0.15, -0.1) is 0 Å². The highest BCUT2D eigenvalue weighted by molar-refractivity contribution is 5.94. The van der Waals surface area contributed by atoms with Crippen LogP contribution >= 0.6 is 0 Å². The van der Waals surface area contributed by atoms with Crippen LogP contribution in [0.15, 0.2) is 24.3 Å². The zero-order chi connectivity index (χ0) is 14.5. The van der Waals surface area contributed by atoms with Crippen LogP contribution in [0.4, 0.5) is 4.39 Å². The molecule has 0 aromatic heterocycles. The molecule has 4 heteroatoms. The molecule has 0 radical (unpaired) electrons. The summed E-state index contributed by atoms with van der Waals surface area (Å²) < 4.78 is 13.7. The van der Waals surface area contributed by atoms with Gasteiger partial charge < -0.3 is 10.2 Å². The molecule has 1 unspecified atom stereocenters. The highest BCUT2D eigenvalue weighted by Crippen LogP contribution is 2.16. The standard InChI is InChI=1S/C16H23FN2O/c1-12(2)10-18-13-6-5-9-19(11-13)16(20)14-7-3-4-8-15(14)17/h3-4,7-8,12-13,18H,5-6,9-11H2,1-2H3. The number of rotatable bonds is 4. The average Bonchev–Trinajstić information content (AvgIpc) is 2.45. The van der Waals surface area contributed by atoms with Gasteiger partial charge in [0.1, 0.15) is 5.82 Å². The second-order valence-corrected chi connectivity index (χ2v) is 5.87. The molecule has 1 saturated heterocycles. The van der Waals surface area contributed by atoms with Crippen molar-refractivity contribution in [2.45, 2.75) is 32.7 Å². The molecule has 1 aliphatic rings. The second kappa shape index (κ2) is 6.84. The van der Waals surface area contributed by atoms with E-state index >= 15 is 0 Å². The third-order valence-electron chi connectivity index (χ3n) is 3.63. The Labute approximate surface area is 120 Å². The third-order valence-corrected chi connectivity index (χ3v) is 3.63. The Kier molecular flexibility index (Phi) is 5.12. The quantitative estimate of drug-likeness (QED) is 0.918. The molecule has 0 bridgehead atoms. The maximum atomic E-state index is 13.7. The number of hydrogen-bond donors (Lipinski definition) is 1. The molecule has 20 heavy (non-hydrogen) atoms. The van der Waals surface area contributed by atoms with Gasteiger partial charge in [-0.1, -0.05) is 26.0 Å². The van der Waals surface area contributed by atoms with Gasteiger partial charge in [-0.05, 0) is 37.4 Å². The number of hydrogen-bond acceptors (Lipinski definition) is 2. The molecule has 110 valence electrons. The Balaban J connectivity index is 1.98. The van der Waals surface area contributed by atoms with E-state index in [-0.39, 0.29) is 11.5 Å². The predicted molar refractivity (Wildman–Crippen MR) is 78.2 cm³/mol. The van der Waals surface area contributed by atoms with E-state index in [1.807, 2.05) is 0 Å². The van der Waals surface area contributed by atoms with Crippen molar-refractivity contribution in [3.63, 3.8) is 0 Å².